The Bertz CT molecular complexity index is 1570. The van der Waals surface area contributed by atoms with Gasteiger partial charge in [0.2, 0.25) is 0 Å². The normalized spacial score (nSPS) is 33.2. The topological polar surface area (TPSA) is 74.3 Å². The molecular formula is C40H55ClN4O4S. The summed E-state index contributed by atoms with van der Waals surface area (Å²) in [5.74, 6) is 3.03. The molecule has 0 aromatic heterocycles. The van der Waals surface area contributed by atoms with Gasteiger partial charge in [0.25, 0.3) is 5.91 Å². The second-order valence-corrected chi connectivity index (χ2v) is 17.2. The van der Waals surface area contributed by atoms with Crippen LogP contribution in [0.4, 0.5) is 5.69 Å². The number of allylic oxidation sites excluding steroid dienone is 1. The predicted octanol–water partition coefficient (Wildman–Crippen LogP) is 6.17. The molecule has 1 N–H and O–H groups in total. The van der Waals surface area contributed by atoms with Crippen LogP contribution in [0.25, 0.3) is 0 Å². The molecule has 7 rings (SSSR count). The molecule has 8 nitrogen and oxygen atoms in total. The number of hydrogen-bond donors (Lipinski definition) is 1. The van der Waals surface area contributed by atoms with Crippen molar-refractivity contribution in [3.63, 3.8) is 0 Å². The van der Waals surface area contributed by atoms with Crippen LogP contribution in [0.2, 0.25) is 5.02 Å². The number of halogens is 1. The van der Waals surface area contributed by atoms with Crippen LogP contribution in [0, 0.1) is 29.6 Å². The minimum Gasteiger partial charge on any atom is -0.491 e. The third-order valence-electron chi connectivity index (χ3n) is 12.2. The van der Waals surface area contributed by atoms with Gasteiger partial charge in [0, 0.05) is 74.1 Å². The van der Waals surface area contributed by atoms with Gasteiger partial charge < -0.3 is 14.4 Å². The number of amides is 1. The Morgan fingerprint density at radius 3 is 2.70 bits per heavy atom. The first-order valence-corrected chi connectivity index (χ1v) is 20.7. The Balaban J connectivity index is 1.21. The van der Waals surface area contributed by atoms with E-state index in [1.807, 2.05) is 24.3 Å². The summed E-state index contributed by atoms with van der Waals surface area (Å²) in [6.07, 6.45) is 9.31. The molecule has 7 unspecified atom stereocenters. The van der Waals surface area contributed by atoms with Gasteiger partial charge in [-0.15, -0.1) is 0 Å². The number of nitrogens with one attached hydrogen (secondary N) is 1. The summed E-state index contributed by atoms with van der Waals surface area (Å²) in [5, 5.41) is 0.769. The third-order valence-corrected chi connectivity index (χ3v) is 13.6. The minimum atomic E-state index is -1.48. The highest BCUT2D eigenvalue weighted by Gasteiger charge is 2.40. The average molecular weight is 723 g/mol. The number of nitrogens with zero attached hydrogens (tertiary/aromatic N) is 3. The van der Waals surface area contributed by atoms with Crippen LogP contribution < -0.4 is 14.4 Å². The Hall–Kier alpha value is -2.43. The lowest BCUT2D eigenvalue weighted by Gasteiger charge is -2.48. The van der Waals surface area contributed by atoms with Crippen LogP contribution in [-0.4, -0.2) is 97.3 Å². The van der Waals surface area contributed by atoms with E-state index in [2.05, 4.69) is 64.5 Å². The SMILES string of the molecule is CCCc1cc(Cl)ccc1C1COc2ccc3cc2N(C1)CC1CCC1C(CN1CCN2CCOCC2C1)/C=C/[C@H](C)C(C)CS(=O)NC3=O. The Labute approximate surface area is 306 Å². The maximum absolute atomic E-state index is 13.5. The lowest BCUT2D eigenvalue weighted by atomic mass is 9.66. The number of ether oxygens (including phenoxy) is 2. The molecule has 0 spiro atoms. The van der Waals surface area contributed by atoms with Crippen LogP contribution in [0.15, 0.2) is 48.6 Å². The van der Waals surface area contributed by atoms with E-state index < -0.39 is 11.0 Å². The van der Waals surface area contributed by atoms with Crippen LogP contribution >= 0.6 is 11.6 Å². The number of aryl methyl sites for hydroxylation is 1. The molecule has 10 heteroatoms. The Morgan fingerprint density at radius 1 is 1.00 bits per heavy atom. The van der Waals surface area contributed by atoms with E-state index in [1.165, 1.54) is 24.0 Å². The summed E-state index contributed by atoms with van der Waals surface area (Å²) < 4.78 is 28.5. The molecule has 5 aliphatic rings. The second kappa shape index (κ2) is 16.1. The van der Waals surface area contributed by atoms with E-state index in [0.717, 1.165) is 88.3 Å². The number of benzene rings is 2. The number of piperazine rings is 1. The summed E-state index contributed by atoms with van der Waals surface area (Å²) >= 11 is 6.49. The molecular weight excluding hydrogens is 668 g/mol. The summed E-state index contributed by atoms with van der Waals surface area (Å²) in [6, 6.07) is 12.5. The van der Waals surface area contributed by atoms with Gasteiger partial charge in [0.15, 0.2) is 0 Å². The van der Waals surface area contributed by atoms with E-state index >= 15 is 0 Å². The number of hydrogen-bond acceptors (Lipinski definition) is 7. The minimum absolute atomic E-state index is 0.155. The molecule has 8 atom stereocenters. The number of carbonyl (C=O) groups is 1. The zero-order valence-electron chi connectivity index (χ0n) is 30.0. The van der Waals surface area contributed by atoms with E-state index in [9.17, 15) is 9.00 Å². The molecule has 2 saturated heterocycles. The number of morpholine rings is 1. The van der Waals surface area contributed by atoms with Crippen LogP contribution in [-0.2, 0) is 22.1 Å². The smallest absolute Gasteiger partial charge is 0.263 e. The highest BCUT2D eigenvalue weighted by Crippen LogP contribution is 2.45. The number of carbonyl (C=O) groups excluding carboxylic acids is 1. The second-order valence-electron chi connectivity index (χ2n) is 15.5. The monoisotopic (exact) mass is 722 g/mol. The van der Waals surface area contributed by atoms with Crippen molar-refractivity contribution in [2.75, 3.05) is 76.3 Å². The molecule has 3 fully saturated rings. The number of anilines is 1. The van der Waals surface area contributed by atoms with Gasteiger partial charge in [-0.3, -0.25) is 19.3 Å². The first-order chi connectivity index (χ1) is 24.2. The van der Waals surface area contributed by atoms with Crippen molar-refractivity contribution < 1.29 is 18.5 Å². The number of rotatable bonds is 5. The standard InChI is InChI=1S/C40H55ClN4O4S/c1-4-5-29-18-34(41)10-12-36(29)33-22-45-21-32-8-11-37(32)31(20-43-14-15-44-16-17-48-25-35(44)23-43)7-6-27(2)28(3)26-50(47)42-40(46)30-9-13-39(49-24-33)38(45)19-30/h6-7,9-10,12-13,18-19,27-28,31-33,35,37H,4-5,8,11,14-17,20-26H2,1-3H3,(H,42,46)/b7-6+/t27-,28?,31?,32?,33?,35?,37?,50?/m0/s1. The molecule has 4 aliphatic heterocycles. The van der Waals surface area contributed by atoms with Gasteiger partial charge in [0.05, 0.1) is 25.5 Å². The Morgan fingerprint density at radius 2 is 1.88 bits per heavy atom. The fourth-order valence-electron chi connectivity index (χ4n) is 8.84. The fourth-order valence-corrected chi connectivity index (χ4v) is 10.2. The molecule has 2 aromatic carbocycles. The van der Waals surface area contributed by atoms with Crippen LogP contribution in [0.3, 0.4) is 0 Å². The Kier molecular flexibility index (Phi) is 11.6. The van der Waals surface area contributed by atoms with Gasteiger partial charge in [-0.05, 0) is 90.3 Å². The van der Waals surface area contributed by atoms with Crippen molar-refractivity contribution in [3.8, 4) is 5.75 Å². The van der Waals surface area contributed by atoms with Gasteiger partial charge in [0.1, 0.15) is 16.7 Å². The fraction of sp³-hybridized carbons (Fsp3) is 0.625. The zero-order chi connectivity index (χ0) is 34.8. The van der Waals surface area contributed by atoms with E-state index in [1.54, 1.807) is 0 Å². The maximum Gasteiger partial charge on any atom is 0.263 e. The zero-order valence-corrected chi connectivity index (χ0v) is 31.6. The highest BCUT2D eigenvalue weighted by molar-refractivity contribution is 7.83. The molecule has 2 bridgehead atoms. The predicted molar refractivity (Wildman–Crippen MR) is 203 cm³/mol. The average Bonchev–Trinajstić information content (AvgIpc) is 3.27. The molecule has 50 heavy (non-hydrogen) atoms. The quantitative estimate of drug-likeness (QED) is 0.371. The third kappa shape index (κ3) is 8.12. The molecule has 272 valence electrons. The number of fused-ring (bicyclic) bond motifs is 3. The van der Waals surface area contributed by atoms with Gasteiger partial charge in [-0.25, -0.2) is 4.21 Å². The van der Waals surface area contributed by atoms with Crippen molar-refractivity contribution in [2.45, 2.75) is 58.4 Å². The van der Waals surface area contributed by atoms with Crippen molar-refractivity contribution in [1.82, 2.24) is 14.5 Å². The molecule has 1 saturated carbocycles. The van der Waals surface area contributed by atoms with Crippen molar-refractivity contribution in [1.29, 1.82) is 0 Å². The van der Waals surface area contributed by atoms with Crippen molar-refractivity contribution in [3.05, 3.63) is 70.3 Å². The lowest BCUT2D eigenvalue weighted by molar-refractivity contribution is -0.0492. The molecule has 0 radical (unpaired) electrons. The van der Waals surface area contributed by atoms with E-state index in [4.69, 9.17) is 21.1 Å². The molecule has 4 heterocycles. The molecule has 1 amide bonds. The van der Waals surface area contributed by atoms with Crippen molar-refractivity contribution >= 4 is 34.2 Å². The van der Waals surface area contributed by atoms with Crippen LogP contribution in [0.5, 0.6) is 5.75 Å². The molecule has 1 aliphatic carbocycles. The van der Waals surface area contributed by atoms with Gasteiger partial charge >= 0.3 is 0 Å². The lowest BCUT2D eigenvalue weighted by Crippen LogP contribution is -2.59. The first kappa shape index (κ1) is 36.0. The summed E-state index contributed by atoms with van der Waals surface area (Å²) in [7, 11) is -1.48. The largest absolute Gasteiger partial charge is 0.491 e. The van der Waals surface area contributed by atoms with Crippen molar-refractivity contribution in [2.24, 2.45) is 29.6 Å². The summed E-state index contributed by atoms with van der Waals surface area (Å²) in [4.78, 5) is 21.2. The van der Waals surface area contributed by atoms with E-state index in [-0.39, 0.29) is 23.7 Å². The summed E-state index contributed by atoms with van der Waals surface area (Å²) in [6.45, 7) is 15.9. The van der Waals surface area contributed by atoms with Gasteiger partial charge in [-0.1, -0.05) is 57.0 Å². The maximum atomic E-state index is 13.5. The van der Waals surface area contributed by atoms with Gasteiger partial charge in [-0.2, -0.15) is 0 Å². The highest BCUT2D eigenvalue weighted by atomic mass is 35.5. The summed E-state index contributed by atoms with van der Waals surface area (Å²) in [5.41, 5.74) is 4.06. The van der Waals surface area contributed by atoms with Crippen LogP contribution in [0.1, 0.15) is 67.4 Å². The first-order valence-electron chi connectivity index (χ1n) is 19.0. The van der Waals surface area contributed by atoms with E-state index in [0.29, 0.717) is 41.7 Å². The molecule has 2 aromatic rings.